The monoisotopic (exact) mass is 383 g/mol. The highest BCUT2D eigenvalue weighted by Gasteiger charge is 2.16. The highest BCUT2D eigenvalue weighted by molar-refractivity contribution is 6.37. The molecule has 0 amide bonds. The summed E-state index contributed by atoms with van der Waals surface area (Å²) < 4.78 is 16.2. The van der Waals surface area contributed by atoms with E-state index in [1.165, 1.54) is 0 Å². The molecule has 0 aromatic heterocycles. The van der Waals surface area contributed by atoms with E-state index in [9.17, 15) is 5.11 Å². The van der Waals surface area contributed by atoms with Crippen molar-refractivity contribution in [1.82, 2.24) is 4.90 Å². The molecule has 1 atom stereocenters. The molecule has 0 aliphatic carbocycles. The summed E-state index contributed by atoms with van der Waals surface area (Å²) in [4.78, 5) is 2.00. The summed E-state index contributed by atoms with van der Waals surface area (Å²) in [5.41, 5.74) is 1.08. The van der Waals surface area contributed by atoms with E-state index in [2.05, 4.69) is 0 Å². The summed E-state index contributed by atoms with van der Waals surface area (Å²) in [5, 5.41) is 11.0. The molecule has 0 saturated carbocycles. The number of benzene rings is 2. The molecular weight excluding hydrogens is 365 g/mol. The zero-order valence-corrected chi connectivity index (χ0v) is 15.3. The molecule has 134 valence electrons. The Kier molecular flexibility index (Phi) is 5.91. The van der Waals surface area contributed by atoms with Crippen molar-refractivity contribution in [2.75, 3.05) is 27.0 Å². The third kappa shape index (κ3) is 4.70. The topological polar surface area (TPSA) is 51.2 Å². The second-order valence-electron chi connectivity index (χ2n) is 5.90. The summed E-state index contributed by atoms with van der Waals surface area (Å²) >= 11 is 12.1. The molecule has 1 heterocycles. The Morgan fingerprint density at radius 3 is 2.64 bits per heavy atom. The standard InChI is InChI=1S/C18H19Cl2NO4/c1-21(8-12-5-6-16-17(7-12)25-11-24-16)9-13(22)10-23-18-14(19)3-2-4-15(18)20/h2-7,13,22H,8-11H2,1H3. The van der Waals surface area contributed by atoms with E-state index in [1.54, 1.807) is 18.2 Å². The number of fused-ring (bicyclic) bond motifs is 1. The molecular formula is C18H19Cl2NO4. The molecule has 1 aliphatic heterocycles. The van der Waals surface area contributed by atoms with Gasteiger partial charge in [0.05, 0.1) is 10.0 Å². The predicted molar refractivity (Wildman–Crippen MR) is 96.9 cm³/mol. The minimum absolute atomic E-state index is 0.106. The number of rotatable bonds is 7. The molecule has 0 saturated heterocycles. The number of nitrogens with zero attached hydrogens (tertiary/aromatic N) is 1. The molecule has 0 spiro atoms. The molecule has 2 aromatic rings. The van der Waals surface area contributed by atoms with Gasteiger partial charge in [-0.2, -0.15) is 0 Å². The van der Waals surface area contributed by atoms with Gasteiger partial charge in [-0.15, -0.1) is 0 Å². The second-order valence-corrected chi connectivity index (χ2v) is 6.71. The van der Waals surface area contributed by atoms with Gasteiger partial charge in [-0.3, -0.25) is 4.90 Å². The van der Waals surface area contributed by atoms with Crippen LogP contribution >= 0.6 is 23.2 Å². The lowest BCUT2D eigenvalue weighted by Crippen LogP contribution is -2.32. The smallest absolute Gasteiger partial charge is 0.231 e. The molecule has 1 unspecified atom stereocenters. The van der Waals surface area contributed by atoms with E-state index in [-0.39, 0.29) is 13.4 Å². The van der Waals surface area contributed by atoms with Gasteiger partial charge in [-0.05, 0) is 36.9 Å². The Morgan fingerprint density at radius 2 is 1.88 bits per heavy atom. The lowest BCUT2D eigenvalue weighted by molar-refractivity contribution is 0.0744. The van der Waals surface area contributed by atoms with Crippen LogP contribution in [-0.4, -0.2) is 43.1 Å². The van der Waals surface area contributed by atoms with Crippen molar-refractivity contribution < 1.29 is 19.3 Å². The van der Waals surface area contributed by atoms with Gasteiger partial charge in [-0.25, -0.2) is 0 Å². The lowest BCUT2D eigenvalue weighted by atomic mass is 10.2. The summed E-state index contributed by atoms with van der Waals surface area (Å²) in [6.07, 6.45) is -0.675. The molecule has 0 bridgehead atoms. The third-order valence-electron chi connectivity index (χ3n) is 3.75. The largest absolute Gasteiger partial charge is 0.488 e. The fourth-order valence-corrected chi connectivity index (χ4v) is 3.13. The van der Waals surface area contributed by atoms with Crippen molar-refractivity contribution in [2.45, 2.75) is 12.6 Å². The van der Waals surface area contributed by atoms with Crippen molar-refractivity contribution in [3.63, 3.8) is 0 Å². The van der Waals surface area contributed by atoms with Crippen LogP contribution in [-0.2, 0) is 6.54 Å². The van der Waals surface area contributed by atoms with Crippen LogP contribution in [0.2, 0.25) is 10.0 Å². The van der Waals surface area contributed by atoms with Crippen LogP contribution in [0.15, 0.2) is 36.4 Å². The van der Waals surface area contributed by atoms with E-state index in [1.807, 2.05) is 30.1 Å². The summed E-state index contributed by atoms with van der Waals surface area (Å²) in [6.45, 7) is 1.47. The van der Waals surface area contributed by atoms with E-state index in [0.717, 1.165) is 17.1 Å². The van der Waals surface area contributed by atoms with Gasteiger partial charge in [0.2, 0.25) is 6.79 Å². The molecule has 1 N–H and O–H groups in total. The van der Waals surface area contributed by atoms with Gasteiger partial charge in [0.1, 0.15) is 12.7 Å². The highest BCUT2D eigenvalue weighted by Crippen LogP contribution is 2.33. The molecule has 7 heteroatoms. The first-order valence-corrected chi connectivity index (χ1v) is 8.60. The van der Waals surface area contributed by atoms with Gasteiger partial charge in [0.15, 0.2) is 17.2 Å². The predicted octanol–water partition coefficient (Wildman–Crippen LogP) is 3.59. The zero-order valence-electron chi connectivity index (χ0n) is 13.7. The van der Waals surface area contributed by atoms with E-state index in [4.69, 9.17) is 37.4 Å². The average molecular weight is 384 g/mol. The lowest BCUT2D eigenvalue weighted by Gasteiger charge is -2.21. The third-order valence-corrected chi connectivity index (χ3v) is 4.35. The number of halogens is 2. The van der Waals surface area contributed by atoms with Gasteiger partial charge in [0.25, 0.3) is 0 Å². The molecule has 25 heavy (non-hydrogen) atoms. The maximum absolute atomic E-state index is 10.2. The maximum Gasteiger partial charge on any atom is 0.231 e. The second kappa shape index (κ2) is 8.15. The van der Waals surface area contributed by atoms with Crippen molar-refractivity contribution in [1.29, 1.82) is 0 Å². The molecule has 2 aromatic carbocycles. The fourth-order valence-electron chi connectivity index (χ4n) is 2.63. The fraction of sp³-hybridized carbons (Fsp3) is 0.333. The van der Waals surface area contributed by atoms with Crippen molar-refractivity contribution in [3.8, 4) is 17.2 Å². The first-order chi connectivity index (χ1) is 12.0. The average Bonchev–Trinajstić information content (AvgIpc) is 3.02. The summed E-state index contributed by atoms with van der Waals surface area (Å²) in [5.74, 6) is 1.91. The zero-order chi connectivity index (χ0) is 17.8. The van der Waals surface area contributed by atoms with Gasteiger partial charge in [-0.1, -0.05) is 35.3 Å². The van der Waals surface area contributed by atoms with Crippen LogP contribution in [0.4, 0.5) is 0 Å². The number of ether oxygens (including phenoxy) is 3. The van der Waals surface area contributed by atoms with E-state index >= 15 is 0 Å². The van der Waals surface area contributed by atoms with Crippen LogP contribution in [0.3, 0.4) is 0 Å². The Balaban J connectivity index is 1.50. The molecule has 3 rings (SSSR count). The van der Waals surface area contributed by atoms with E-state index in [0.29, 0.717) is 28.9 Å². The quantitative estimate of drug-likeness (QED) is 0.791. The first-order valence-electron chi connectivity index (χ1n) is 7.85. The molecule has 0 radical (unpaired) electrons. The van der Waals surface area contributed by atoms with Gasteiger partial charge < -0.3 is 19.3 Å². The Hall–Kier alpha value is -1.66. The number of hydrogen-bond donors (Lipinski definition) is 1. The summed E-state index contributed by atoms with van der Waals surface area (Å²) in [6, 6.07) is 11.0. The normalized spacial score (nSPS) is 14.0. The number of aliphatic hydroxyl groups is 1. The Bertz CT molecular complexity index is 721. The van der Waals surface area contributed by atoms with Crippen molar-refractivity contribution >= 4 is 23.2 Å². The minimum atomic E-state index is -0.675. The van der Waals surface area contributed by atoms with Crippen LogP contribution in [0, 0.1) is 0 Å². The van der Waals surface area contributed by atoms with Crippen molar-refractivity contribution in [3.05, 3.63) is 52.0 Å². The number of aliphatic hydroxyl groups excluding tert-OH is 1. The van der Waals surface area contributed by atoms with E-state index < -0.39 is 6.10 Å². The van der Waals surface area contributed by atoms with Gasteiger partial charge >= 0.3 is 0 Å². The number of hydrogen-bond acceptors (Lipinski definition) is 5. The SMILES string of the molecule is CN(Cc1ccc2c(c1)OCO2)CC(O)COc1c(Cl)cccc1Cl. The Labute approximate surface area is 156 Å². The molecule has 1 aliphatic rings. The first kappa shape index (κ1) is 18.1. The Morgan fingerprint density at radius 1 is 1.16 bits per heavy atom. The minimum Gasteiger partial charge on any atom is -0.488 e. The molecule has 5 nitrogen and oxygen atoms in total. The maximum atomic E-state index is 10.2. The highest BCUT2D eigenvalue weighted by atomic mass is 35.5. The van der Waals surface area contributed by atoms with Crippen LogP contribution in [0.5, 0.6) is 17.2 Å². The molecule has 0 fully saturated rings. The van der Waals surface area contributed by atoms with Crippen LogP contribution in [0.1, 0.15) is 5.56 Å². The number of likely N-dealkylation sites (N-methyl/N-ethyl adjacent to an activating group) is 1. The summed E-state index contributed by atoms with van der Waals surface area (Å²) in [7, 11) is 1.93. The van der Waals surface area contributed by atoms with Crippen LogP contribution < -0.4 is 14.2 Å². The van der Waals surface area contributed by atoms with Crippen LogP contribution in [0.25, 0.3) is 0 Å². The number of para-hydroxylation sites is 1. The van der Waals surface area contributed by atoms with Crippen molar-refractivity contribution in [2.24, 2.45) is 0 Å². The van der Waals surface area contributed by atoms with Gasteiger partial charge in [0, 0.05) is 13.1 Å².